The van der Waals surface area contributed by atoms with E-state index in [4.69, 9.17) is 0 Å². The van der Waals surface area contributed by atoms with E-state index in [-0.39, 0.29) is 11.8 Å². The molecule has 4 rings (SSSR count). The van der Waals surface area contributed by atoms with Crippen molar-refractivity contribution in [2.75, 3.05) is 23.8 Å². The van der Waals surface area contributed by atoms with E-state index in [1.165, 1.54) is 0 Å². The van der Waals surface area contributed by atoms with Gasteiger partial charge in [0.15, 0.2) is 0 Å². The van der Waals surface area contributed by atoms with Gasteiger partial charge in [0.2, 0.25) is 5.91 Å². The molecular formula is C25H25N3O2. The summed E-state index contributed by atoms with van der Waals surface area (Å²) in [6, 6.07) is 25.2. The molecule has 5 nitrogen and oxygen atoms in total. The predicted octanol–water partition coefficient (Wildman–Crippen LogP) is 4.83. The zero-order valence-electron chi connectivity index (χ0n) is 17.0. The fourth-order valence-electron chi connectivity index (χ4n) is 3.79. The molecule has 30 heavy (non-hydrogen) atoms. The number of para-hydroxylation sites is 2. The Labute approximate surface area is 176 Å². The highest BCUT2D eigenvalue weighted by Gasteiger charge is 2.20. The number of rotatable bonds is 6. The fraction of sp³-hybridized carbons (Fsp3) is 0.200. The van der Waals surface area contributed by atoms with E-state index in [9.17, 15) is 9.59 Å². The Kier molecular flexibility index (Phi) is 5.80. The summed E-state index contributed by atoms with van der Waals surface area (Å²) in [6.07, 6.45) is 1.54. The summed E-state index contributed by atoms with van der Waals surface area (Å²) in [7, 11) is 1.95. The molecule has 1 aliphatic rings. The first-order valence-electron chi connectivity index (χ1n) is 10.2. The molecule has 0 saturated carbocycles. The largest absolute Gasteiger partial charge is 0.344 e. The average Bonchev–Trinajstić information content (AvgIpc) is 3.18. The van der Waals surface area contributed by atoms with Gasteiger partial charge in [0.05, 0.1) is 11.3 Å². The fourth-order valence-corrected chi connectivity index (χ4v) is 3.79. The van der Waals surface area contributed by atoms with Gasteiger partial charge in [-0.1, -0.05) is 42.5 Å². The van der Waals surface area contributed by atoms with E-state index in [1.54, 1.807) is 0 Å². The standard InChI is InChI=1S/C25H25N3O2/c1-27(21-11-3-2-4-12-21)23-14-6-5-13-22(23)25(30)26-20-10-7-9-19(17-20)18-28-16-8-15-24(28)29/h2-7,9-14,17H,8,15-16,18H2,1H3,(H,26,30). The number of nitrogens with zero attached hydrogens (tertiary/aromatic N) is 2. The second-order valence-corrected chi connectivity index (χ2v) is 7.49. The Bertz CT molecular complexity index is 1050. The minimum absolute atomic E-state index is 0.164. The molecule has 0 aromatic heterocycles. The van der Waals surface area contributed by atoms with Crippen LogP contribution in [0.2, 0.25) is 0 Å². The second kappa shape index (κ2) is 8.82. The van der Waals surface area contributed by atoms with Crippen LogP contribution in [-0.2, 0) is 11.3 Å². The molecule has 3 aromatic carbocycles. The van der Waals surface area contributed by atoms with Crippen LogP contribution >= 0.6 is 0 Å². The van der Waals surface area contributed by atoms with Gasteiger partial charge in [-0.25, -0.2) is 0 Å². The van der Waals surface area contributed by atoms with Gasteiger partial charge in [-0.15, -0.1) is 0 Å². The maximum absolute atomic E-state index is 13.1. The van der Waals surface area contributed by atoms with Gasteiger partial charge in [0.1, 0.15) is 0 Å². The normalized spacial score (nSPS) is 13.4. The predicted molar refractivity (Wildman–Crippen MR) is 120 cm³/mol. The van der Waals surface area contributed by atoms with Crippen molar-refractivity contribution in [3.8, 4) is 0 Å². The van der Waals surface area contributed by atoms with Crippen molar-refractivity contribution in [3.63, 3.8) is 0 Å². The van der Waals surface area contributed by atoms with E-state index in [0.29, 0.717) is 18.5 Å². The molecule has 1 aliphatic heterocycles. The van der Waals surface area contributed by atoms with Crippen LogP contribution in [0.1, 0.15) is 28.8 Å². The van der Waals surface area contributed by atoms with Crippen LogP contribution in [0.15, 0.2) is 78.9 Å². The molecule has 1 saturated heterocycles. The van der Waals surface area contributed by atoms with E-state index in [0.717, 1.165) is 35.6 Å². The van der Waals surface area contributed by atoms with Gasteiger partial charge in [0, 0.05) is 37.9 Å². The maximum Gasteiger partial charge on any atom is 0.257 e. The zero-order valence-corrected chi connectivity index (χ0v) is 17.0. The molecule has 0 spiro atoms. The molecule has 0 aliphatic carbocycles. The van der Waals surface area contributed by atoms with Crippen LogP contribution in [0.4, 0.5) is 17.1 Å². The van der Waals surface area contributed by atoms with Gasteiger partial charge in [-0.05, 0) is 48.4 Å². The summed E-state index contributed by atoms with van der Waals surface area (Å²) in [6.45, 7) is 1.38. The minimum atomic E-state index is -0.164. The number of carbonyl (C=O) groups excluding carboxylic acids is 2. The molecule has 1 heterocycles. The Morgan fingerprint density at radius 1 is 1.00 bits per heavy atom. The summed E-state index contributed by atoms with van der Waals surface area (Å²) < 4.78 is 0. The lowest BCUT2D eigenvalue weighted by molar-refractivity contribution is -0.128. The van der Waals surface area contributed by atoms with Gasteiger partial charge in [0.25, 0.3) is 5.91 Å². The first kappa shape index (κ1) is 19.7. The van der Waals surface area contributed by atoms with Crippen molar-refractivity contribution in [3.05, 3.63) is 90.0 Å². The number of carbonyl (C=O) groups is 2. The lowest BCUT2D eigenvalue weighted by Crippen LogP contribution is -2.24. The number of likely N-dealkylation sites (tertiary alicyclic amines) is 1. The monoisotopic (exact) mass is 399 g/mol. The highest BCUT2D eigenvalue weighted by Crippen LogP contribution is 2.27. The molecule has 1 N–H and O–H groups in total. The van der Waals surface area contributed by atoms with Gasteiger partial charge >= 0.3 is 0 Å². The zero-order chi connectivity index (χ0) is 20.9. The van der Waals surface area contributed by atoms with Gasteiger partial charge in [-0.3, -0.25) is 9.59 Å². The van der Waals surface area contributed by atoms with Crippen LogP contribution < -0.4 is 10.2 Å². The summed E-state index contributed by atoms with van der Waals surface area (Å²) in [4.78, 5) is 28.8. The van der Waals surface area contributed by atoms with Crippen molar-refractivity contribution in [2.45, 2.75) is 19.4 Å². The Hall–Kier alpha value is -3.60. The Balaban J connectivity index is 1.52. The van der Waals surface area contributed by atoms with Crippen LogP contribution in [0.25, 0.3) is 0 Å². The van der Waals surface area contributed by atoms with E-state index < -0.39 is 0 Å². The topological polar surface area (TPSA) is 52.7 Å². The molecule has 152 valence electrons. The average molecular weight is 399 g/mol. The van der Waals surface area contributed by atoms with Crippen LogP contribution in [-0.4, -0.2) is 30.3 Å². The number of nitrogens with one attached hydrogen (secondary N) is 1. The van der Waals surface area contributed by atoms with E-state index in [2.05, 4.69) is 5.32 Å². The van der Waals surface area contributed by atoms with Crippen molar-refractivity contribution in [2.24, 2.45) is 0 Å². The highest BCUT2D eigenvalue weighted by atomic mass is 16.2. The SMILES string of the molecule is CN(c1ccccc1)c1ccccc1C(=O)Nc1cccc(CN2CCCC2=O)c1. The summed E-state index contributed by atoms with van der Waals surface area (Å²) in [5.74, 6) is 0.0325. The molecule has 0 bridgehead atoms. The van der Waals surface area contributed by atoms with Gasteiger partial charge in [-0.2, -0.15) is 0 Å². The molecule has 2 amide bonds. The molecular weight excluding hydrogens is 374 g/mol. The first-order valence-corrected chi connectivity index (χ1v) is 10.2. The number of anilines is 3. The Morgan fingerprint density at radius 3 is 2.53 bits per heavy atom. The summed E-state index contributed by atoms with van der Waals surface area (Å²) in [5, 5.41) is 3.01. The third kappa shape index (κ3) is 4.35. The van der Waals surface area contributed by atoms with Crippen LogP contribution in [0.3, 0.4) is 0 Å². The molecule has 0 atom stereocenters. The molecule has 0 unspecified atom stereocenters. The van der Waals surface area contributed by atoms with Crippen molar-refractivity contribution < 1.29 is 9.59 Å². The highest BCUT2D eigenvalue weighted by molar-refractivity contribution is 6.08. The summed E-state index contributed by atoms with van der Waals surface area (Å²) in [5.41, 5.74) is 4.18. The van der Waals surface area contributed by atoms with Crippen LogP contribution in [0, 0.1) is 0 Å². The van der Waals surface area contributed by atoms with Crippen molar-refractivity contribution in [1.29, 1.82) is 0 Å². The minimum Gasteiger partial charge on any atom is -0.344 e. The number of amides is 2. The van der Waals surface area contributed by atoms with Gasteiger partial charge < -0.3 is 15.1 Å². The van der Waals surface area contributed by atoms with Crippen LogP contribution in [0.5, 0.6) is 0 Å². The van der Waals surface area contributed by atoms with E-state index >= 15 is 0 Å². The number of hydrogen-bond acceptors (Lipinski definition) is 3. The third-order valence-electron chi connectivity index (χ3n) is 5.38. The van der Waals surface area contributed by atoms with Crippen molar-refractivity contribution in [1.82, 2.24) is 4.90 Å². The molecule has 5 heteroatoms. The van der Waals surface area contributed by atoms with E-state index in [1.807, 2.05) is 95.7 Å². The molecule has 0 radical (unpaired) electrons. The number of benzene rings is 3. The lowest BCUT2D eigenvalue weighted by Gasteiger charge is -2.22. The molecule has 3 aromatic rings. The summed E-state index contributed by atoms with van der Waals surface area (Å²) >= 11 is 0. The second-order valence-electron chi connectivity index (χ2n) is 7.49. The maximum atomic E-state index is 13.1. The first-order chi connectivity index (χ1) is 14.6. The quantitative estimate of drug-likeness (QED) is 0.646. The lowest BCUT2D eigenvalue weighted by atomic mass is 10.1. The molecule has 1 fully saturated rings. The van der Waals surface area contributed by atoms with Crippen molar-refractivity contribution >= 4 is 28.9 Å². The number of hydrogen-bond donors (Lipinski definition) is 1. The Morgan fingerprint density at radius 2 is 1.77 bits per heavy atom. The smallest absolute Gasteiger partial charge is 0.257 e. The third-order valence-corrected chi connectivity index (χ3v) is 5.38.